The summed E-state index contributed by atoms with van der Waals surface area (Å²) in [5, 5.41) is 10.1. The average molecular weight is 395 g/mol. The quantitative estimate of drug-likeness (QED) is 0.486. The SMILES string of the molecule is Cc1cccn2cc(-c3ccc(NC(=O)c4n[nH]c(=O)c5ccccc45)cc3)nc12. The smallest absolute Gasteiger partial charge is 0.276 e. The van der Waals surface area contributed by atoms with Crippen LogP contribution in [0.25, 0.3) is 27.7 Å². The van der Waals surface area contributed by atoms with Crippen LogP contribution in [-0.2, 0) is 0 Å². The Hall–Kier alpha value is -4.26. The predicted octanol–water partition coefficient (Wildman–Crippen LogP) is 3.80. The number of aromatic nitrogens is 4. The van der Waals surface area contributed by atoms with Gasteiger partial charge in [0.1, 0.15) is 5.65 Å². The predicted molar refractivity (Wildman–Crippen MR) is 116 cm³/mol. The van der Waals surface area contributed by atoms with Crippen LogP contribution in [0.3, 0.4) is 0 Å². The van der Waals surface area contributed by atoms with Crippen molar-refractivity contribution in [1.29, 1.82) is 0 Å². The van der Waals surface area contributed by atoms with Crippen LogP contribution in [0, 0.1) is 6.92 Å². The van der Waals surface area contributed by atoms with Crippen molar-refractivity contribution in [3.05, 3.63) is 94.7 Å². The molecule has 1 amide bonds. The van der Waals surface area contributed by atoms with Gasteiger partial charge < -0.3 is 9.72 Å². The van der Waals surface area contributed by atoms with E-state index in [1.807, 2.05) is 60.1 Å². The molecule has 2 N–H and O–H groups in total. The van der Waals surface area contributed by atoms with Gasteiger partial charge in [0, 0.05) is 29.0 Å². The lowest BCUT2D eigenvalue weighted by Gasteiger charge is -2.07. The highest BCUT2D eigenvalue weighted by atomic mass is 16.2. The third kappa shape index (κ3) is 3.02. The van der Waals surface area contributed by atoms with Crippen LogP contribution in [0.15, 0.2) is 77.9 Å². The summed E-state index contributed by atoms with van der Waals surface area (Å²) < 4.78 is 1.99. The molecule has 0 aliphatic carbocycles. The first-order valence-corrected chi connectivity index (χ1v) is 9.44. The van der Waals surface area contributed by atoms with Gasteiger partial charge in [0.05, 0.1) is 11.1 Å². The Bertz CT molecular complexity index is 1470. The second kappa shape index (κ2) is 6.97. The first-order chi connectivity index (χ1) is 14.6. The molecule has 5 aromatic rings. The van der Waals surface area contributed by atoms with Gasteiger partial charge in [-0.1, -0.05) is 36.4 Å². The van der Waals surface area contributed by atoms with Gasteiger partial charge in [0.2, 0.25) is 0 Å². The molecule has 0 aliphatic rings. The lowest BCUT2D eigenvalue weighted by atomic mass is 10.1. The first kappa shape index (κ1) is 17.8. The van der Waals surface area contributed by atoms with Crippen molar-refractivity contribution in [2.24, 2.45) is 0 Å². The molecule has 0 unspecified atom stereocenters. The zero-order valence-electron chi connectivity index (χ0n) is 16.1. The Labute approximate surface area is 171 Å². The number of hydrogen-bond donors (Lipinski definition) is 2. The Morgan fingerprint density at radius 2 is 1.77 bits per heavy atom. The number of fused-ring (bicyclic) bond motifs is 2. The van der Waals surface area contributed by atoms with Gasteiger partial charge in [0.15, 0.2) is 5.69 Å². The topological polar surface area (TPSA) is 92.1 Å². The van der Waals surface area contributed by atoms with E-state index >= 15 is 0 Å². The molecule has 5 rings (SSSR count). The normalized spacial score (nSPS) is 11.1. The number of benzene rings is 2. The zero-order chi connectivity index (χ0) is 20.7. The maximum absolute atomic E-state index is 12.7. The van der Waals surface area contributed by atoms with Gasteiger partial charge in [-0.2, -0.15) is 5.10 Å². The molecule has 7 heteroatoms. The van der Waals surface area contributed by atoms with Gasteiger partial charge in [-0.15, -0.1) is 0 Å². The highest BCUT2D eigenvalue weighted by Crippen LogP contribution is 2.23. The van der Waals surface area contributed by atoms with Crippen molar-refractivity contribution in [2.45, 2.75) is 6.92 Å². The molecule has 0 radical (unpaired) electrons. The molecule has 0 atom stereocenters. The van der Waals surface area contributed by atoms with Crippen LogP contribution in [0.1, 0.15) is 16.1 Å². The summed E-state index contributed by atoms with van der Waals surface area (Å²) >= 11 is 0. The van der Waals surface area contributed by atoms with Gasteiger partial charge in [-0.05, 0) is 36.8 Å². The average Bonchev–Trinajstić information content (AvgIpc) is 3.20. The molecule has 0 saturated heterocycles. The molecule has 30 heavy (non-hydrogen) atoms. The molecular weight excluding hydrogens is 378 g/mol. The number of hydrogen-bond acceptors (Lipinski definition) is 4. The molecule has 3 heterocycles. The number of nitrogens with zero attached hydrogens (tertiary/aromatic N) is 3. The fourth-order valence-corrected chi connectivity index (χ4v) is 3.50. The van der Waals surface area contributed by atoms with E-state index in [9.17, 15) is 9.59 Å². The fourth-order valence-electron chi connectivity index (χ4n) is 3.50. The van der Waals surface area contributed by atoms with Crippen molar-refractivity contribution >= 4 is 28.0 Å². The van der Waals surface area contributed by atoms with E-state index in [4.69, 9.17) is 4.98 Å². The van der Waals surface area contributed by atoms with Crippen LogP contribution < -0.4 is 10.9 Å². The van der Waals surface area contributed by atoms with Crippen LogP contribution in [-0.4, -0.2) is 25.5 Å². The van der Waals surface area contributed by atoms with E-state index in [1.165, 1.54) is 0 Å². The van der Waals surface area contributed by atoms with Crippen molar-refractivity contribution < 1.29 is 4.79 Å². The molecule has 7 nitrogen and oxygen atoms in total. The second-order valence-electron chi connectivity index (χ2n) is 7.03. The lowest BCUT2D eigenvalue weighted by molar-refractivity contribution is 0.102. The number of aromatic amines is 1. The van der Waals surface area contributed by atoms with Crippen LogP contribution in [0.2, 0.25) is 0 Å². The van der Waals surface area contributed by atoms with Gasteiger partial charge in [-0.25, -0.2) is 10.1 Å². The maximum Gasteiger partial charge on any atom is 0.276 e. The van der Waals surface area contributed by atoms with Crippen molar-refractivity contribution in [1.82, 2.24) is 19.6 Å². The Kier molecular flexibility index (Phi) is 4.14. The van der Waals surface area contributed by atoms with E-state index in [2.05, 4.69) is 15.5 Å². The number of carbonyl (C=O) groups excluding carboxylic acids is 1. The van der Waals surface area contributed by atoms with E-state index in [1.54, 1.807) is 24.3 Å². The molecule has 0 saturated carbocycles. The molecular formula is C23H17N5O2. The number of anilines is 1. The fraction of sp³-hybridized carbons (Fsp3) is 0.0435. The Morgan fingerprint density at radius 3 is 2.53 bits per heavy atom. The number of imidazole rings is 1. The molecule has 3 aromatic heterocycles. The highest BCUT2D eigenvalue weighted by molar-refractivity contribution is 6.11. The highest BCUT2D eigenvalue weighted by Gasteiger charge is 2.14. The third-order valence-electron chi connectivity index (χ3n) is 5.03. The van der Waals surface area contributed by atoms with E-state index in [0.29, 0.717) is 16.5 Å². The van der Waals surface area contributed by atoms with Crippen LogP contribution >= 0.6 is 0 Å². The van der Waals surface area contributed by atoms with E-state index < -0.39 is 5.91 Å². The summed E-state index contributed by atoms with van der Waals surface area (Å²) in [6.07, 6.45) is 3.95. The number of nitrogens with one attached hydrogen (secondary N) is 2. The minimum Gasteiger partial charge on any atom is -0.321 e. The second-order valence-corrected chi connectivity index (χ2v) is 7.03. The lowest BCUT2D eigenvalue weighted by Crippen LogP contribution is -2.19. The molecule has 146 valence electrons. The van der Waals surface area contributed by atoms with Crippen molar-refractivity contribution in [2.75, 3.05) is 5.32 Å². The largest absolute Gasteiger partial charge is 0.321 e. The summed E-state index contributed by atoms with van der Waals surface area (Å²) in [4.78, 5) is 29.3. The number of pyridine rings is 1. The zero-order valence-corrected chi connectivity index (χ0v) is 16.1. The minimum absolute atomic E-state index is 0.171. The van der Waals surface area contributed by atoms with Gasteiger partial charge in [0.25, 0.3) is 11.5 Å². The number of rotatable bonds is 3. The Morgan fingerprint density at radius 1 is 1.00 bits per heavy atom. The summed E-state index contributed by atoms with van der Waals surface area (Å²) in [5.41, 5.74) is 4.30. The monoisotopic (exact) mass is 395 g/mol. The van der Waals surface area contributed by atoms with Gasteiger partial charge >= 0.3 is 0 Å². The summed E-state index contributed by atoms with van der Waals surface area (Å²) in [6, 6.07) is 18.4. The maximum atomic E-state index is 12.7. The summed E-state index contributed by atoms with van der Waals surface area (Å²) in [7, 11) is 0. The number of aryl methyl sites for hydroxylation is 1. The van der Waals surface area contributed by atoms with Crippen LogP contribution in [0.4, 0.5) is 5.69 Å². The minimum atomic E-state index is -0.390. The molecule has 0 fully saturated rings. The van der Waals surface area contributed by atoms with Crippen LogP contribution in [0.5, 0.6) is 0 Å². The third-order valence-corrected chi connectivity index (χ3v) is 5.03. The summed E-state index contributed by atoms with van der Waals surface area (Å²) in [6.45, 7) is 2.03. The van der Waals surface area contributed by atoms with Gasteiger partial charge in [-0.3, -0.25) is 9.59 Å². The number of amides is 1. The molecule has 2 aromatic carbocycles. The molecule has 0 aliphatic heterocycles. The molecule has 0 spiro atoms. The molecule has 0 bridgehead atoms. The number of carbonyl (C=O) groups is 1. The first-order valence-electron chi connectivity index (χ1n) is 9.44. The standard InChI is InChI=1S/C23H17N5O2/c1-14-5-4-12-28-13-19(25-21(14)28)15-8-10-16(11-9-15)24-23(30)20-17-6-2-3-7-18(17)22(29)27-26-20/h2-13H,1H3,(H,24,30)(H,27,29). The summed E-state index contributed by atoms with van der Waals surface area (Å²) in [5.74, 6) is -0.390. The van der Waals surface area contributed by atoms with E-state index in [-0.39, 0.29) is 11.3 Å². The Balaban J connectivity index is 1.42. The number of H-pyrrole nitrogens is 1. The van der Waals surface area contributed by atoms with E-state index in [0.717, 1.165) is 22.5 Å². The van der Waals surface area contributed by atoms with Crippen molar-refractivity contribution in [3.63, 3.8) is 0 Å². The van der Waals surface area contributed by atoms with Crippen molar-refractivity contribution in [3.8, 4) is 11.3 Å².